The minimum absolute atomic E-state index is 0.000946. The van der Waals surface area contributed by atoms with Gasteiger partial charge in [0.1, 0.15) is 5.54 Å². The van der Waals surface area contributed by atoms with Crippen LogP contribution < -0.4 is 5.73 Å². The van der Waals surface area contributed by atoms with E-state index in [-0.39, 0.29) is 23.8 Å². The molecule has 5 nitrogen and oxygen atoms in total. The molecule has 1 amide bonds. The van der Waals surface area contributed by atoms with Crippen molar-refractivity contribution in [3.63, 3.8) is 0 Å². The van der Waals surface area contributed by atoms with Gasteiger partial charge in [-0.2, -0.15) is 0 Å². The molecule has 0 aromatic heterocycles. The molecule has 1 aliphatic heterocycles. The molecule has 19 heavy (non-hydrogen) atoms. The summed E-state index contributed by atoms with van der Waals surface area (Å²) in [6.07, 6.45) is 1.93. The molecule has 0 bridgehead atoms. The van der Waals surface area contributed by atoms with E-state index in [0.29, 0.717) is 19.4 Å². The van der Waals surface area contributed by atoms with Crippen LogP contribution in [-0.2, 0) is 9.59 Å². The van der Waals surface area contributed by atoms with Crippen LogP contribution in [0.2, 0.25) is 0 Å². The molecule has 0 spiro atoms. The molecule has 0 aromatic carbocycles. The molecule has 110 valence electrons. The van der Waals surface area contributed by atoms with Crippen LogP contribution in [0.4, 0.5) is 0 Å². The first-order valence-corrected chi connectivity index (χ1v) is 6.87. The summed E-state index contributed by atoms with van der Waals surface area (Å²) in [5.41, 5.74) is 4.65. The van der Waals surface area contributed by atoms with Gasteiger partial charge in [0.2, 0.25) is 5.91 Å². The number of rotatable bonds is 4. The van der Waals surface area contributed by atoms with E-state index >= 15 is 0 Å². The lowest BCUT2D eigenvalue weighted by molar-refractivity contribution is -0.157. The second-order valence-electron chi connectivity index (χ2n) is 6.87. The Morgan fingerprint density at radius 2 is 2.00 bits per heavy atom. The third kappa shape index (κ3) is 3.47. The number of amides is 1. The molecule has 2 unspecified atom stereocenters. The van der Waals surface area contributed by atoms with E-state index in [1.807, 2.05) is 0 Å². The maximum Gasteiger partial charge on any atom is 0.329 e. The van der Waals surface area contributed by atoms with E-state index < -0.39 is 11.5 Å². The molecule has 1 heterocycles. The van der Waals surface area contributed by atoms with Crippen LogP contribution in [0, 0.1) is 11.3 Å². The molecule has 1 saturated heterocycles. The van der Waals surface area contributed by atoms with Crippen molar-refractivity contribution in [2.24, 2.45) is 17.1 Å². The zero-order valence-electron chi connectivity index (χ0n) is 12.4. The molecule has 5 heteroatoms. The van der Waals surface area contributed by atoms with Gasteiger partial charge < -0.3 is 15.7 Å². The summed E-state index contributed by atoms with van der Waals surface area (Å²) in [7, 11) is 0. The molecule has 0 aliphatic carbocycles. The van der Waals surface area contributed by atoms with E-state index in [0.717, 1.165) is 6.42 Å². The number of carboxylic acids is 1. The standard InChI is InChI=1S/C14H26N2O3/c1-13(2,3)8-10(9-15)11(17)16-7-5-6-14(16,4)12(18)19/h10H,5-9,15H2,1-4H3,(H,18,19). The Labute approximate surface area is 115 Å². The fourth-order valence-corrected chi connectivity index (χ4v) is 2.77. The number of carbonyl (C=O) groups excluding carboxylic acids is 1. The van der Waals surface area contributed by atoms with E-state index in [1.54, 1.807) is 6.92 Å². The molecule has 2 atom stereocenters. The van der Waals surface area contributed by atoms with Gasteiger partial charge in [-0.1, -0.05) is 20.8 Å². The largest absolute Gasteiger partial charge is 0.480 e. The van der Waals surface area contributed by atoms with Crippen LogP contribution in [0.1, 0.15) is 47.0 Å². The number of nitrogens with two attached hydrogens (primary N) is 1. The molecule has 3 N–H and O–H groups in total. The fourth-order valence-electron chi connectivity index (χ4n) is 2.77. The Bertz CT molecular complexity index is 362. The zero-order chi connectivity index (χ0) is 14.8. The Kier molecular flexibility index (Phi) is 4.61. The van der Waals surface area contributed by atoms with Crippen molar-refractivity contribution in [3.05, 3.63) is 0 Å². The van der Waals surface area contributed by atoms with Gasteiger partial charge in [0.25, 0.3) is 0 Å². The first-order chi connectivity index (χ1) is 8.62. The third-order valence-electron chi connectivity index (χ3n) is 3.86. The van der Waals surface area contributed by atoms with Gasteiger partial charge in [-0.25, -0.2) is 4.79 Å². The summed E-state index contributed by atoms with van der Waals surface area (Å²) >= 11 is 0. The molecule has 1 fully saturated rings. The van der Waals surface area contributed by atoms with Gasteiger partial charge in [-0.05, 0) is 31.6 Å². The predicted octanol–water partition coefficient (Wildman–Crippen LogP) is 1.46. The van der Waals surface area contributed by atoms with Crippen molar-refractivity contribution in [1.82, 2.24) is 4.90 Å². The minimum Gasteiger partial charge on any atom is -0.480 e. The average Bonchev–Trinajstić information content (AvgIpc) is 2.67. The summed E-state index contributed by atoms with van der Waals surface area (Å²) < 4.78 is 0. The Balaban J connectivity index is 2.89. The van der Waals surface area contributed by atoms with Gasteiger partial charge in [-0.15, -0.1) is 0 Å². The number of aliphatic carboxylic acids is 1. The zero-order valence-corrected chi connectivity index (χ0v) is 12.4. The molecule has 1 rings (SSSR count). The minimum atomic E-state index is -1.07. The summed E-state index contributed by atoms with van der Waals surface area (Å²) in [5.74, 6) is -1.33. The second kappa shape index (κ2) is 5.49. The van der Waals surface area contributed by atoms with Crippen LogP contribution in [0.15, 0.2) is 0 Å². The quantitative estimate of drug-likeness (QED) is 0.810. The van der Waals surface area contributed by atoms with Gasteiger partial charge in [0.15, 0.2) is 0 Å². The number of hydrogen-bond donors (Lipinski definition) is 2. The molecule has 0 radical (unpaired) electrons. The maximum atomic E-state index is 12.6. The van der Waals surface area contributed by atoms with E-state index in [1.165, 1.54) is 4.90 Å². The van der Waals surface area contributed by atoms with Gasteiger partial charge in [0, 0.05) is 13.1 Å². The number of carboxylic acid groups (broad SMARTS) is 1. The van der Waals surface area contributed by atoms with Gasteiger partial charge >= 0.3 is 5.97 Å². The Hall–Kier alpha value is -1.10. The average molecular weight is 270 g/mol. The van der Waals surface area contributed by atoms with E-state index in [4.69, 9.17) is 5.73 Å². The first-order valence-electron chi connectivity index (χ1n) is 6.87. The van der Waals surface area contributed by atoms with Crippen LogP contribution in [0.5, 0.6) is 0 Å². The van der Waals surface area contributed by atoms with Crippen LogP contribution >= 0.6 is 0 Å². The molecule has 0 aromatic rings. The van der Waals surface area contributed by atoms with Crippen molar-refractivity contribution in [2.75, 3.05) is 13.1 Å². The van der Waals surface area contributed by atoms with Crippen molar-refractivity contribution < 1.29 is 14.7 Å². The van der Waals surface area contributed by atoms with Crippen molar-refractivity contribution in [2.45, 2.75) is 52.5 Å². The molecule has 1 aliphatic rings. The Morgan fingerprint density at radius 3 is 2.42 bits per heavy atom. The highest BCUT2D eigenvalue weighted by molar-refractivity contribution is 5.88. The second-order valence-corrected chi connectivity index (χ2v) is 6.87. The van der Waals surface area contributed by atoms with Crippen molar-refractivity contribution in [3.8, 4) is 0 Å². The highest BCUT2D eigenvalue weighted by atomic mass is 16.4. The van der Waals surface area contributed by atoms with Crippen molar-refractivity contribution >= 4 is 11.9 Å². The maximum absolute atomic E-state index is 12.6. The first kappa shape index (κ1) is 16.0. The number of hydrogen-bond acceptors (Lipinski definition) is 3. The summed E-state index contributed by atoms with van der Waals surface area (Å²) in [6.45, 7) is 8.59. The van der Waals surface area contributed by atoms with E-state index in [9.17, 15) is 14.7 Å². The lowest BCUT2D eigenvalue weighted by Gasteiger charge is -2.35. The molecule has 0 saturated carbocycles. The van der Waals surface area contributed by atoms with Crippen molar-refractivity contribution in [1.29, 1.82) is 0 Å². The summed E-state index contributed by atoms with van der Waals surface area (Å²) in [6, 6.07) is 0. The fraction of sp³-hybridized carbons (Fsp3) is 0.857. The number of likely N-dealkylation sites (tertiary alicyclic amines) is 1. The van der Waals surface area contributed by atoms with Gasteiger partial charge in [-0.3, -0.25) is 4.79 Å². The lowest BCUT2D eigenvalue weighted by atomic mass is 9.83. The molecular weight excluding hydrogens is 244 g/mol. The van der Waals surface area contributed by atoms with Gasteiger partial charge in [0.05, 0.1) is 5.92 Å². The normalized spacial score (nSPS) is 25.4. The number of carbonyl (C=O) groups is 2. The third-order valence-corrected chi connectivity index (χ3v) is 3.86. The highest BCUT2D eigenvalue weighted by Crippen LogP contribution is 2.33. The summed E-state index contributed by atoms with van der Waals surface area (Å²) in [4.78, 5) is 25.5. The molecular formula is C14H26N2O3. The van der Waals surface area contributed by atoms with Crippen LogP contribution in [0.3, 0.4) is 0 Å². The smallest absolute Gasteiger partial charge is 0.329 e. The Morgan fingerprint density at radius 1 is 1.42 bits per heavy atom. The van der Waals surface area contributed by atoms with E-state index in [2.05, 4.69) is 20.8 Å². The number of nitrogens with zero attached hydrogens (tertiary/aromatic N) is 1. The monoisotopic (exact) mass is 270 g/mol. The SMILES string of the molecule is CC(C)(C)CC(CN)C(=O)N1CCCC1(C)C(=O)O. The predicted molar refractivity (Wildman–Crippen MR) is 73.6 cm³/mol. The topological polar surface area (TPSA) is 83.6 Å². The van der Waals surface area contributed by atoms with Crippen LogP contribution in [-0.4, -0.2) is 40.5 Å². The highest BCUT2D eigenvalue weighted by Gasteiger charge is 2.47. The van der Waals surface area contributed by atoms with Crippen LogP contribution in [0.25, 0.3) is 0 Å². The lowest BCUT2D eigenvalue weighted by Crippen LogP contribution is -2.53. The summed E-state index contributed by atoms with van der Waals surface area (Å²) in [5, 5.41) is 9.35.